The lowest BCUT2D eigenvalue weighted by molar-refractivity contribution is -0.113. The molecule has 0 saturated carbocycles. The van der Waals surface area contributed by atoms with Crippen molar-refractivity contribution >= 4 is 42.1 Å². The number of thioether (sulfide) groups is 1. The van der Waals surface area contributed by atoms with E-state index in [9.17, 15) is 18.5 Å². The number of benzene rings is 1. The van der Waals surface area contributed by atoms with Crippen molar-refractivity contribution in [1.29, 1.82) is 0 Å². The summed E-state index contributed by atoms with van der Waals surface area (Å²) >= 11 is 1.22. The van der Waals surface area contributed by atoms with Crippen LogP contribution < -0.4 is 4.74 Å². The Bertz CT molecular complexity index is 1070. The topological polar surface area (TPSA) is 82.5 Å². The van der Waals surface area contributed by atoms with Crippen LogP contribution >= 0.6 is 18.9 Å². The predicted octanol–water partition coefficient (Wildman–Crippen LogP) is 4.67. The molecule has 0 bridgehead atoms. The summed E-state index contributed by atoms with van der Waals surface area (Å²) in [6, 6.07) is 3.92. The summed E-state index contributed by atoms with van der Waals surface area (Å²) in [4.78, 5) is 31.5. The molecule has 0 aliphatic carbocycles. The van der Waals surface area contributed by atoms with Gasteiger partial charge < -0.3 is 14.2 Å². The highest BCUT2D eigenvalue weighted by Gasteiger charge is 2.32. The van der Waals surface area contributed by atoms with Gasteiger partial charge in [0.05, 0.1) is 18.3 Å². The monoisotopic (exact) mass is 508 g/mol. The second kappa shape index (κ2) is 10.6. The first-order chi connectivity index (χ1) is 16.2. The molecule has 1 aromatic rings. The third-order valence-electron chi connectivity index (χ3n) is 5.79. The Morgan fingerprint density at radius 1 is 1.15 bits per heavy atom. The first-order valence-electron chi connectivity index (χ1n) is 11.5. The van der Waals surface area contributed by atoms with Crippen LogP contribution in [0.3, 0.4) is 0 Å². The zero-order valence-electron chi connectivity index (χ0n) is 19.5. The molecule has 2 saturated heterocycles. The number of amidine groups is 1. The lowest BCUT2D eigenvalue weighted by Crippen LogP contribution is -2.49. The smallest absolute Gasteiger partial charge is 0.409 e. The highest BCUT2D eigenvalue weighted by molar-refractivity contribution is 8.18. The molecule has 11 heteroatoms. The lowest BCUT2D eigenvalue weighted by Gasteiger charge is -2.40. The summed E-state index contributed by atoms with van der Waals surface area (Å²) in [6.07, 6.45) is 6.35. The number of likely N-dealkylation sites (tertiary alicyclic amines) is 1. The Kier molecular flexibility index (Phi) is 7.80. The maximum Gasteiger partial charge on any atom is 0.415 e. The summed E-state index contributed by atoms with van der Waals surface area (Å²) < 4.78 is 31.9. The first-order valence-corrected chi connectivity index (χ1v) is 15.2. The fraction of sp³-hybridized carbons (Fsp3) is 0.522. The Hall–Kier alpha value is -2.16. The molecule has 0 N–H and O–H groups in total. The molecule has 3 heterocycles. The molecule has 4 rings (SSSR count). The van der Waals surface area contributed by atoms with E-state index in [1.54, 1.807) is 24.3 Å². The molecule has 8 nitrogen and oxygen atoms in total. The van der Waals surface area contributed by atoms with E-state index >= 15 is 0 Å². The maximum atomic E-state index is 14.0. The van der Waals surface area contributed by atoms with Crippen molar-refractivity contribution in [3.8, 4) is 5.75 Å². The largest absolute Gasteiger partial charge is 0.415 e. The third kappa shape index (κ3) is 6.29. The second-order valence-corrected chi connectivity index (χ2v) is 13.6. The average Bonchev–Trinajstić information content (AvgIpc) is 3.15. The number of nitrogens with zero attached hydrogens (tertiary/aromatic N) is 4. The van der Waals surface area contributed by atoms with Gasteiger partial charge in [-0.15, -0.1) is 0 Å². The second-order valence-electron chi connectivity index (χ2n) is 9.18. The van der Waals surface area contributed by atoms with E-state index in [-0.39, 0.29) is 5.75 Å². The van der Waals surface area contributed by atoms with Crippen molar-refractivity contribution in [3.63, 3.8) is 0 Å². The fourth-order valence-electron chi connectivity index (χ4n) is 4.18. The minimum Gasteiger partial charge on any atom is -0.409 e. The molecule has 0 radical (unpaired) electrons. The van der Waals surface area contributed by atoms with Crippen LogP contribution in [0.2, 0.25) is 0 Å². The molecule has 2 amide bonds. The van der Waals surface area contributed by atoms with Crippen LogP contribution in [0.15, 0.2) is 28.1 Å². The van der Waals surface area contributed by atoms with Gasteiger partial charge in [-0.3, -0.25) is 9.80 Å². The zero-order chi connectivity index (χ0) is 24.3. The molecule has 184 valence electrons. The van der Waals surface area contributed by atoms with Crippen molar-refractivity contribution in [3.05, 3.63) is 34.5 Å². The molecule has 34 heavy (non-hydrogen) atoms. The SMILES string of the molecule is CP(C)(=O)CN1CCCCN1C1=NC(=O)/C(=C/c2ccc(F)cc2OC(=O)N2CCCCC2)S1. The van der Waals surface area contributed by atoms with Crippen molar-refractivity contribution in [1.82, 2.24) is 14.9 Å². The van der Waals surface area contributed by atoms with Crippen LogP contribution in [0.25, 0.3) is 6.08 Å². The summed E-state index contributed by atoms with van der Waals surface area (Å²) in [7, 11) is -2.30. The van der Waals surface area contributed by atoms with Gasteiger partial charge in [0.2, 0.25) is 0 Å². The van der Waals surface area contributed by atoms with E-state index in [1.165, 1.54) is 23.9 Å². The van der Waals surface area contributed by atoms with E-state index in [1.807, 2.05) is 10.0 Å². The number of halogens is 1. The molecule has 3 aliphatic heterocycles. The summed E-state index contributed by atoms with van der Waals surface area (Å²) in [5.41, 5.74) is 0.432. The highest BCUT2D eigenvalue weighted by atomic mass is 32.2. The molecule has 0 aromatic heterocycles. The number of hydrazine groups is 1. The van der Waals surface area contributed by atoms with Gasteiger partial charge in [0.25, 0.3) is 5.91 Å². The minimum atomic E-state index is -2.30. The van der Waals surface area contributed by atoms with Crippen molar-refractivity contribution in [2.24, 2.45) is 4.99 Å². The van der Waals surface area contributed by atoms with Crippen molar-refractivity contribution < 1.29 is 23.3 Å². The van der Waals surface area contributed by atoms with E-state index in [2.05, 4.69) is 4.99 Å². The molecule has 3 aliphatic rings. The molecule has 0 atom stereocenters. The van der Waals surface area contributed by atoms with Gasteiger partial charge in [-0.05, 0) is 75.4 Å². The van der Waals surface area contributed by atoms with Crippen LogP contribution in [-0.4, -0.2) is 77.9 Å². The van der Waals surface area contributed by atoms with Crippen LogP contribution in [-0.2, 0) is 9.36 Å². The van der Waals surface area contributed by atoms with Gasteiger partial charge >= 0.3 is 6.09 Å². The summed E-state index contributed by atoms with van der Waals surface area (Å²) in [5, 5.41) is 4.49. The minimum absolute atomic E-state index is 0.0717. The van der Waals surface area contributed by atoms with Crippen LogP contribution in [0, 0.1) is 5.82 Å². The molecular weight excluding hydrogens is 478 g/mol. The van der Waals surface area contributed by atoms with Crippen molar-refractivity contribution in [2.75, 3.05) is 45.8 Å². The number of hydrogen-bond acceptors (Lipinski definition) is 7. The number of hydrogen-bond donors (Lipinski definition) is 0. The van der Waals surface area contributed by atoms with Gasteiger partial charge in [0, 0.05) is 37.8 Å². The number of aliphatic imine (C=N–C) groups is 1. The third-order valence-corrected chi connectivity index (χ3v) is 7.79. The Balaban J connectivity index is 1.52. The predicted molar refractivity (Wildman–Crippen MR) is 133 cm³/mol. The van der Waals surface area contributed by atoms with Gasteiger partial charge in [0.1, 0.15) is 11.6 Å². The standard InChI is InChI=1S/C23H30FN4O4PS/c1-33(2,31)16-27-12-6-7-13-28(27)22-25-21(29)20(34-22)14-17-8-9-18(24)15-19(17)32-23(30)26-10-4-3-5-11-26/h8-9,14-15H,3-7,10-13,16H2,1-2H3/b20-14-. The molecular formula is C23H30FN4O4PS. The maximum absolute atomic E-state index is 14.0. The van der Waals surface area contributed by atoms with Gasteiger partial charge in [-0.1, -0.05) is 0 Å². The first kappa shape index (κ1) is 24.9. The molecule has 0 spiro atoms. The van der Waals surface area contributed by atoms with Gasteiger partial charge in [-0.2, -0.15) is 4.99 Å². The number of rotatable bonds is 4. The van der Waals surface area contributed by atoms with Crippen molar-refractivity contribution in [2.45, 2.75) is 32.1 Å². The fourth-order valence-corrected chi connectivity index (χ4v) is 6.21. The summed E-state index contributed by atoms with van der Waals surface area (Å²) in [5.74, 6) is -0.861. The number of piperidine rings is 1. The highest BCUT2D eigenvalue weighted by Crippen LogP contribution is 2.40. The Labute approximate surface area is 203 Å². The van der Waals surface area contributed by atoms with E-state index in [0.717, 1.165) is 44.7 Å². The Morgan fingerprint density at radius 3 is 2.59 bits per heavy atom. The number of ether oxygens (including phenoxy) is 1. The quantitative estimate of drug-likeness (QED) is 0.432. The lowest BCUT2D eigenvalue weighted by atomic mass is 10.1. The number of carbonyl (C=O) groups excluding carboxylic acids is 2. The molecule has 0 unspecified atom stereocenters. The van der Waals surface area contributed by atoms with Gasteiger partial charge in [0.15, 0.2) is 5.17 Å². The zero-order valence-corrected chi connectivity index (χ0v) is 21.2. The normalized spacial score (nSPS) is 21.2. The molecule has 2 fully saturated rings. The number of amides is 2. The summed E-state index contributed by atoms with van der Waals surface area (Å²) in [6.45, 7) is 6.19. The van der Waals surface area contributed by atoms with E-state index < -0.39 is 25.0 Å². The average molecular weight is 509 g/mol. The molecule has 1 aromatic carbocycles. The number of carbonyl (C=O) groups is 2. The van der Waals surface area contributed by atoms with E-state index in [0.29, 0.717) is 41.6 Å². The van der Waals surface area contributed by atoms with Crippen LogP contribution in [0.4, 0.5) is 9.18 Å². The van der Waals surface area contributed by atoms with E-state index in [4.69, 9.17) is 4.74 Å². The Morgan fingerprint density at radius 2 is 1.85 bits per heavy atom. The van der Waals surface area contributed by atoms with Crippen LogP contribution in [0.5, 0.6) is 5.75 Å². The van der Waals surface area contributed by atoms with Crippen LogP contribution in [0.1, 0.15) is 37.7 Å². The van der Waals surface area contributed by atoms with Gasteiger partial charge in [-0.25, -0.2) is 14.2 Å².